The van der Waals surface area contributed by atoms with Crippen LogP contribution in [0.2, 0.25) is 0 Å². The van der Waals surface area contributed by atoms with Crippen molar-refractivity contribution in [3.05, 3.63) is 57.5 Å². The maximum atomic E-state index is 11.6. The van der Waals surface area contributed by atoms with Gasteiger partial charge in [-0.25, -0.2) is 4.98 Å². The summed E-state index contributed by atoms with van der Waals surface area (Å²) >= 11 is 1.40. The van der Waals surface area contributed by atoms with Gasteiger partial charge >= 0.3 is 5.69 Å². The number of benzene rings is 2. The minimum absolute atomic E-state index is 0.132. The number of rotatable bonds is 11. The summed E-state index contributed by atoms with van der Waals surface area (Å²) in [6, 6.07) is 10.7. The summed E-state index contributed by atoms with van der Waals surface area (Å²) in [4.78, 5) is 15.6. The SMILES string of the molecule is CCCOc1c(OCC)cc(/C=N\Nc2nc(-c3ccc(OC)cc3)cs2)cc1[N+](=O)[O-]. The molecule has 0 fully saturated rings. The number of nitrogens with zero attached hydrogens (tertiary/aromatic N) is 3. The predicted molar refractivity (Wildman–Crippen MR) is 125 cm³/mol. The van der Waals surface area contributed by atoms with E-state index in [2.05, 4.69) is 15.5 Å². The van der Waals surface area contributed by atoms with Crippen LogP contribution in [-0.4, -0.2) is 36.4 Å². The summed E-state index contributed by atoms with van der Waals surface area (Å²) in [6.07, 6.45) is 2.20. The average Bonchev–Trinajstić information content (AvgIpc) is 3.27. The molecule has 2 aromatic carbocycles. The van der Waals surface area contributed by atoms with E-state index in [4.69, 9.17) is 14.2 Å². The van der Waals surface area contributed by atoms with E-state index in [1.54, 1.807) is 20.1 Å². The molecule has 0 aliphatic rings. The number of aromatic nitrogens is 1. The van der Waals surface area contributed by atoms with E-state index in [-0.39, 0.29) is 11.4 Å². The molecule has 0 spiro atoms. The molecule has 0 aliphatic carbocycles. The number of hydrazone groups is 1. The van der Waals surface area contributed by atoms with Crippen LogP contribution in [0.3, 0.4) is 0 Å². The van der Waals surface area contributed by atoms with Crippen molar-refractivity contribution in [2.24, 2.45) is 5.10 Å². The van der Waals surface area contributed by atoms with Crippen LogP contribution >= 0.6 is 11.3 Å². The maximum absolute atomic E-state index is 11.6. The number of thiazole rings is 1. The second kappa shape index (κ2) is 11.1. The second-order valence-electron chi connectivity index (χ2n) is 6.54. The first-order chi connectivity index (χ1) is 15.5. The number of methoxy groups -OCH3 is 1. The Balaban J connectivity index is 1.77. The molecule has 32 heavy (non-hydrogen) atoms. The third-order valence-electron chi connectivity index (χ3n) is 4.27. The highest BCUT2D eigenvalue weighted by Crippen LogP contribution is 2.38. The molecule has 10 heteroatoms. The van der Waals surface area contributed by atoms with Gasteiger partial charge in [-0.05, 0) is 43.7 Å². The fraction of sp³-hybridized carbons (Fsp3) is 0.273. The molecule has 0 radical (unpaired) electrons. The first-order valence-corrected chi connectivity index (χ1v) is 10.9. The third kappa shape index (κ3) is 5.73. The van der Waals surface area contributed by atoms with E-state index in [0.29, 0.717) is 29.7 Å². The summed E-state index contributed by atoms with van der Waals surface area (Å²) in [5.74, 6) is 1.22. The van der Waals surface area contributed by atoms with Crippen LogP contribution in [0.25, 0.3) is 11.3 Å². The van der Waals surface area contributed by atoms with Gasteiger partial charge in [-0.3, -0.25) is 15.5 Å². The van der Waals surface area contributed by atoms with Gasteiger partial charge in [0.15, 0.2) is 5.75 Å². The van der Waals surface area contributed by atoms with E-state index < -0.39 is 4.92 Å². The van der Waals surface area contributed by atoms with Crippen LogP contribution < -0.4 is 19.6 Å². The largest absolute Gasteiger partial charge is 0.497 e. The molecular weight excluding hydrogens is 432 g/mol. The maximum Gasteiger partial charge on any atom is 0.315 e. The number of nitro benzene ring substituents is 1. The Labute approximate surface area is 189 Å². The summed E-state index contributed by atoms with van der Waals surface area (Å²) in [5.41, 5.74) is 4.97. The zero-order valence-corrected chi connectivity index (χ0v) is 18.8. The Morgan fingerprint density at radius 2 is 2.00 bits per heavy atom. The van der Waals surface area contributed by atoms with Crippen molar-refractivity contribution in [2.45, 2.75) is 20.3 Å². The van der Waals surface area contributed by atoms with Gasteiger partial charge in [0.05, 0.1) is 37.2 Å². The van der Waals surface area contributed by atoms with E-state index in [1.807, 2.05) is 36.6 Å². The summed E-state index contributed by atoms with van der Waals surface area (Å²) in [7, 11) is 1.62. The molecule has 0 atom stereocenters. The van der Waals surface area contributed by atoms with Crippen LogP contribution in [0.4, 0.5) is 10.8 Å². The van der Waals surface area contributed by atoms with E-state index in [0.717, 1.165) is 23.4 Å². The zero-order valence-electron chi connectivity index (χ0n) is 18.0. The van der Waals surface area contributed by atoms with E-state index in [1.165, 1.54) is 23.6 Å². The van der Waals surface area contributed by atoms with Crippen molar-refractivity contribution in [3.63, 3.8) is 0 Å². The highest BCUT2D eigenvalue weighted by molar-refractivity contribution is 7.14. The van der Waals surface area contributed by atoms with Crippen molar-refractivity contribution in [2.75, 3.05) is 25.7 Å². The third-order valence-corrected chi connectivity index (χ3v) is 5.02. The smallest absolute Gasteiger partial charge is 0.315 e. The monoisotopic (exact) mass is 456 g/mol. The number of hydrogen-bond donors (Lipinski definition) is 1. The summed E-state index contributed by atoms with van der Waals surface area (Å²) in [5, 5.41) is 18.2. The lowest BCUT2D eigenvalue weighted by Gasteiger charge is -2.12. The number of nitrogens with one attached hydrogen (secondary N) is 1. The zero-order chi connectivity index (χ0) is 22.9. The van der Waals surface area contributed by atoms with E-state index in [9.17, 15) is 10.1 Å². The highest BCUT2D eigenvalue weighted by Gasteiger charge is 2.22. The fourth-order valence-corrected chi connectivity index (χ4v) is 3.48. The lowest BCUT2D eigenvalue weighted by atomic mass is 10.2. The van der Waals surface area contributed by atoms with Gasteiger partial charge in [0, 0.05) is 22.6 Å². The van der Waals surface area contributed by atoms with Crippen molar-refractivity contribution in [3.8, 4) is 28.5 Å². The molecule has 0 unspecified atom stereocenters. The van der Waals surface area contributed by atoms with Crippen molar-refractivity contribution in [1.29, 1.82) is 0 Å². The molecule has 9 nitrogen and oxygen atoms in total. The Morgan fingerprint density at radius 1 is 1.22 bits per heavy atom. The van der Waals surface area contributed by atoms with Gasteiger partial charge in [0.25, 0.3) is 0 Å². The minimum atomic E-state index is -0.486. The Hall–Kier alpha value is -3.66. The van der Waals surface area contributed by atoms with Crippen LogP contribution in [0.15, 0.2) is 46.9 Å². The minimum Gasteiger partial charge on any atom is -0.497 e. The Morgan fingerprint density at radius 3 is 2.66 bits per heavy atom. The van der Waals surface area contributed by atoms with Gasteiger partial charge in [0.1, 0.15) is 5.75 Å². The van der Waals surface area contributed by atoms with Gasteiger partial charge in [-0.1, -0.05) is 6.92 Å². The molecule has 0 saturated heterocycles. The normalized spacial score (nSPS) is 10.8. The Kier molecular flexibility index (Phi) is 7.98. The molecule has 1 aromatic heterocycles. The molecule has 168 valence electrons. The molecule has 0 saturated carbocycles. The molecule has 0 bridgehead atoms. The molecule has 0 amide bonds. The number of hydrogen-bond acceptors (Lipinski definition) is 9. The molecule has 3 aromatic rings. The van der Waals surface area contributed by atoms with Gasteiger partial charge in [-0.15, -0.1) is 11.3 Å². The quantitative estimate of drug-likeness (QED) is 0.235. The van der Waals surface area contributed by atoms with Gasteiger partial charge in [-0.2, -0.15) is 5.10 Å². The van der Waals surface area contributed by atoms with Crippen LogP contribution in [0.1, 0.15) is 25.8 Å². The number of anilines is 1. The predicted octanol–water partition coefficient (Wildman–Crippen LogP) is 5.36. The molecule has 3 rings (SSSR count). The molecular formula is C22H24N4O5S. The second-order valence-corrected chi connectivity index (χ2v) is 7.40. The van der Waals surface area contributed by atoms with Crippen LogP contribution in [-0.2, 0) is 0 Å². The van der Waals surface area contributed by atoms with Gasteiger partial charge < -0.3 is 14.2 Å². The molecule has 1 N–H and O–H groups in total. The van der Waals surface area contributed by atoms with Gasteiger partial charge in [0.2, 0.25) is 10.9 Å². The van der Waals surface area contributed by atoms with E-state index >= 15 is 0 Å². The Bertz CT molecular complexity index is 1080. The fourth-order valence-electron chi connectivity index (χ4n) is 2.81. The standard InChI is InChI=1S/C22H24N4O5S/c1-4-10-31-21-19(26(27)28)11-15(12-20(21)30-5-2)13-23-25-22-24-18(14-32-22)16-6-8-17(29-3)9-7-16/h6-9,11-14H,4-5,10H2,1-3H3,(H,24,25)/b23-13-. The molecule has 0 aliphatic heterocycles. The topological polar surface area (TPSA) is 108 Å². The van der Waals surface area contributed by atoms with Crippen molar-refractivity contribution < 1.29 is 19.1 Å². The van der Waals surface area contributed by atoms with Crippen LogP contribution in [0.5, 0.6) is 17.2 Å². The molecule has 1 heterocycles. The van der Waals surface area contributed by atoms with Crippen LogP contribution in [0, 0.1) is 10.1 Å². The van der Waals surface area contributed by atoms with Crippen molar-refractivity contribution >= 4 is 28.4 Å². The first kappa shape index (κ1) is 23.0. The van der Waals surface area contributed by atoms with Crippen molar-refractivity contribution in [1.82, 2.24) is 4.98 Å². The number of nitro groups is 1. The summed E-state index contributed by atoms with van der Waals surface area (Å²) < 4.78 is 16.3. The highest BCUT2D eigenvalue weighted by atomic mass is 32.1. The lowest BCUT2D eigenvalue weighted by Crippen LogP contribution is -2.04. The average molecular weight is 457 g/mol. The number of ether oxygens (including phenoxy) is 3. The summed E-state index contributed by atoms with van der Waals surface area (Å²) in [6.45, 7) is 4.44. The first-order valence-electron chi connectivity index (χ1n) is 10.0. The lowest BCUT2D eigenvalue weighted by molar-refractivity contribution is -0.386.